The summed E-state index contributed by atoms with van der Waals surface area (Å²) in [5.74, 6) is -0.178. The van der Waals surface area contributed by atoms with Crippen molar-refractivity contribution in [3.63, 3.8) is 0 Å². The summed E-state index contributed by atoms with van der Waals surface area (Å²) >= 11 is 0. The van der Waals surface area contributed by atoms with Crippen molar-refractivity contribution in [2.75, 3.05) is 0 Å². The predicted molar refractivity (Wildman–Crippen MR) is 109 cm³/mol. The van der Waals surface area contributed by atoms with Crippen LogP contribution in [0.4, 0.5) is 0 Å². The van der Waals surface area contributed by atoms with Crippen molar-refractivity contribution in [2.45, 2.75) is 13.0 Å². The standard InChI is InChI=1S/C23H20N4O/c1-17(18-12-14-24-15-13-18)25-23(28)22-16-21(19-8-4-2-5-9-19)26-27(22)20-10-6-3-7-11-20/h2-17H,1H3,(H,25,28)/t17-/m1/s1. The quantitative estimate of drug-likeness (QED) is 0.567. The number of aromatic nitrogens is 3. The Morgan fingerprint density at radius 1 is 0.929 bits per heavy atom. The van der Waals surface area contributed by atoms with Crippen LogP contribution in [0.5, 0.6) is 0 Å². The fourth-order valence-electron chi connectivity index (χ4n) is 3.06. The zero-order valence-electron chi connectivity index (χ0n) is 15.5. The molecule has 1 atom stereocenters. The Labute approximate surface area is 163 Å². The van der Waals surface area contributed by atoms with Crippen LogP contribution in [0.15, 0.2) is 91.3 Å². The van der Waals surface area contributed by atoms with E-state index in [-0.39, 0.29) is 11.9 Å². The van der Waals surface area contributed by atoms with Gasteiger partial charge in [-0.1, -0.05) is 48.5 Å². The van der Waals surface area contributed by atoms with Gasteiger partial charge in [-0.3, -0.25) is 9.78 Å². The fraction of sp³-hybridized carbons (Fsp3) is 0.0870. The summed E-state index contributed by atoms with van der Waals surface area (Å²) in [7, 11) is 0. The van der Waals surface area contributed by atoms with Crippen molar-refractivity contribution in [3.05, 3.63) is 103 Å². The van der Waals surface area contributed by atoms with Crippen LogP contribution >= 0.6 is 0 Å². The number of hydrogen-bond donors (Lipinski definition) is 1. The topological polar surface area (TPSA) is 59.8 Å². The third-order valence-corrected chi connectivity index (χ3v) is 4.57. The van der Waals surface area contributed by atoms with E-state index in [4.69, 9.17) is 5.10 Å². The summed E-state index contributed by atoms with van der Waals surface area (Å²) in [6, 6.07) is 25.0. The van der Waals surface area contributed by atoms with E-state index in [0.717, 1.165) is 22.5 Å². The minimum absolute atomic E-state index is 0.144. The van der Waals surface area contributed by atoms with E-state index in [0.29, 0.717) is 5.69 Å². The van der Waals surface area contributed by atoms with Crippen molar-refractivity contribution >= 4 is 5.91 Å². The number of nitrogens with zero attached hydrogens (tertiary/aromatic N) is 3. The molecule has 0 radical (unpaired) electrons. The maximum atomic E-state index is 13.1. The molecule has 4 rings (SSSR count). The van der Waals surface area contributed by atoms with Gasteiger partial charge in [-0.05, 0) is 42.8 Å². The second-order valence-corrected chi connectivity index (χ2v) is 6.50. The number of para-hydroxylation sites is 1. The largest absolute Gasteiger partial charge is 0.344 e. The number of nitrogens with one attached hydrogen (secondary N) is 1. The molecule has 0 fully saturated rings. The number of amides is 1. The Bertz CT molecular complexity index is 1060. The van der Waals surface area contributed by atoms with Crippen LogP contribution < -0.4 is 5.32 Å². The van der Waals surface area contributed by atoms with Gasteiger partial charge in [0.1, 0.15) is 5.69 Å². The van der Waals surface area contributed by atoms with Crippen LogP contribution in [0.25, 0.3) is 16.9 Å². The van der Waals surface area contributed by atoms with Gasteiger partial charge in [0.2, 0.25) is 0 Å². The number of carbonyl (C=O) groups excluding carboxylic acids is 1. The molecule has 0 aliphatic heterocycles. The first-order chi connectivity index (χ1) is 13.7. The molecule has 0 aliphatic rings. The molecule has 0 saturated heterocycles. The second-order valence-electron chi connectivity index (χ2n) is 6.50. The molecule has 0 unspecified atom stereocenters. The van der Waals surface area contributed by atoms with Crippen LogP contribution in [0, 0.1) is 0 Å². The molecule has 0 spiro atoms. The molecule has 2 aromatic carbocycles. The molecule has 5 heteroatoms. The Hall–Kier alpha value is -3.73. The van der Waals surface area contributed by atoms with Crippen molar-refractivity contribution < 1.29 is 4.79 Å². The summed E-state index contributed by atoms with van der Waals surface area (Å²) in [6.07, 6.45) is 3.44. The van der Waals surface area contributed by atoms with Crippen LogP contribution in [0.2, 0.25) is 0 Å². The van der Waals surface area contributed by atoms with Gasteiger partial charge in [0.15, 0.2) is 0 Å². The van der Waals surface area contributed by atoms with E-state index in [9.17, 15) is 4.79 Å². The molecule has 2 heterocycles. The van der Waals surface area contributed by atoms with Gasteiger partial charge in [-0.2, -0.15) is 5.10 Å². The first kappa shape index (κ1) is 17.7. The van der Waals surface area contributed by atoms with E-state index in [1.807, 2.05) is 85.8 Å². The van der Waals surface area contributed by atoms with Crippen molar-refractivity contribution in [1.29, 1.82) is 0 Å². The van der Waals surface area contributed by atoms with Gasteiger partial charge in [-0.15, -0.1) is 0 Å². The minimum Gasteiger partial charge on any atom is -0.344 e. The predicted octanol–water partition coefficient (Wildman–Crippen LogP) is 4.43. The highest BCUT2D eigenvalue weighted by Crippen LogP contribution is 2.22. The average molecular weight is 368 g/mol. The van der Waals surface area contributed by atoms with Crippen LogP contribution in [-0.4, -0.2) is 20.7 Å². The molecule has 138 valence electrons. The molecule has 0 saturated carbocycles. The third-order valence-electron chi connectivity index (χ3n) is 4.57. The highest BCUT2D eigenvalue weighted by atomic mass is 16.2. The fourth-order valence-corrected chi connectivity index (χ4v) is 3.06. The lowest BCUT2D eigenvalue weighted by atomic mass is 10.1. The summed E-state index contributed by atoms with van der Waals surface area (Å²) in [5, 5.41) is 7.76. The van der Waals surface area contributed by atoms with Crippen LogP contribution in [0.3, 0.4) is 0 Å². The molecular weight excluding hydrogens is 348 g/mol. The van der Waals surface area contributed by atoms with Gasteiger partial charge in [0, 0.05) is 18.0 Å². The summed E-state index contributed by atoms with van der Waals surface area (Å²) in [5.41, 5.74) is 4.05. The first-order valence-electron chi connectivity index (χ1n) is 9.14. The minimum atomic E-state index is -0.178. The number of benzene rings is 2. The maximum Gasteiger partial charge on any atom is 0.270 e. The molecular formula is C23H20N4O. The Balaban J connectivity index is 1.70. The Morgan fingerprint density at radius 3 is 2.25 bits per heavy atom. The van der Waals surface area contributed by atoms with E-state index in [1.165, 1.54) is 0 Å². The van der Waals surface area contributed by atoms with Gasteiger partial charge in [0.25, 0.3) is 5.91 Å². The molecule has 2 aromatic heterocycles. The lowest BCUT2D eigenvalue weighted by molar-refractivity contribution is 0.0932. The van der Waals surface area contributed by atoms with E-state index >= 15 is 0 Å². The monoisotopic (exact) mass is 368 g/mol. The number of hydrogen-bond acceptors (Lipinski definition) is 3. The van der Waals surface area contributed by atoms with Gasteiger partial charge >= 0.3 is 0 Å². The normalized spacial score (nSPS) is 11.8. The number of carbonyl (C=O) groups is 1. The average Bonchev–Trinajstić information content (AvgIpc) is 3.21. The Kier molecular flexibility index (Phi) is 4.97. The van der Waals surface area contributed by atoms with Gasteiger partial charge in [0.05, 0.1) is 17.4 Å². The molecule has 0 bridgehead atoms. The second kappa shape index (κ2) is 7.88. The number of pyridine rings is 1. The van der Waals surface area contributed by atoms with Gasteiger partial charge < -0.3 is 5.32 Å². The molecule has 0 aliphatic carbocycles. The molecule has 4 aromatic rings. The lowest BCUT2D eigenvalue weighted by Gasteiger charge is -2.14. The zero-order chi connectivity index (χ0) is 19.3. The van der Waals surface area contributed by atoms with E-state index < -0.39 is 0 Å². The highest BCUT2D eigenvalue weighted by molar-refractivity contribution is 5.94. The molecule has 1 amide bonds. The molecule has 28 heavy (non-hydrogen) atoms. The first-order valence-corrected chi connectivity index (χ1v) is 9.14. The van der Waals surface area contributed by atoms with Crippen molar-refractivity contribution in [1.82, 2.24) is 20.1 Å². The number of rotatable bonds is 5. The molecule has 1 N–H and O–H groups in total. The van der Waals surface area contributed by atoms with Gasteiger partial charge in [-0.25, -0.2) is 4.68 Å². The SMILES string of the molecule is C[C@@H](NC(=O)c1cc(-c2ccccc2)nn1-c1ccccc1)c1ccncc1. The highest BCUT2D eigenvalue weighted by Gasteiger charge is 2.19. The van der Waals surface area contributed by atoms with E-state index in [1.54, 1.807) is 17.1 Å². The maximum absolute atomic E-state index is 13.1. The van der Waals surface area contributed by atoms with Crippen LogP contribution in [-0.2, 0) is 0 Å². The molecule has 5 nitrogen and oxygen atoms in total. The summed E-state index contributed by atoms with van der Waals surface area (Å²) in [6.45, 7) is 1.95. The summed E-state index contributed by atoms with van der Waals surface area (Å²) < 4.78 is 1.69. The van der Waals surface area contributed by atoms with Crippen LogP contribution in [0.1, 0.15) is 29.0 Å². The summed E-state index contributed by atoms with van der Waals surface area (Å²) in [4.78, 5) is 17.1. The van der Waals surface area contributed by atoms with E-state index in [2.05, 4.69) is 10.3 Å². The lowest BCUT2D eigenvalue weighted by Crippen LogP contribution is -2.28. The third kappa shape index (κ3) is 3.69. The zero-order valence-corrected chi connectivity index (χ0v) is 15.5. The smallest absolute Gasteiger partial charge is 0.270 e. The van der Waals surface area contributed by atoms with Crippen molar-refractivity contribution in [3.8, 4) is 16.9 Å². The van der Waals surface area contributed by atoms with Crippen molar-refractivity contribution in [2.24, 2.45) is 0 Å². The Morgan fingerprint density at radius 2 is 1.57 bits per heavy atom.